The molecule has 0 aromatic heterocycles. The predicted octanol–water partition coefficient (Wildman–Crippen LogP) is 2.73. The van der Waals surface area contributed by atoms with Gasteiger partial charge in [0.15, 0.2) is 5.11 Å². The average Bonchev–Trinajstić information content (AvgIpc) is 2.57. The Balaban J connectivity index is 2.19. The number of methoxy groups -OCH3 is 2. The van der Waals surface area contributed by atoms with E-state index >= 15 is 0 Å². The molecule has 0 saturated carbocycles. The smallest absolute Gasteiger partial charge is 0.305 e. The first-order valence-electron chi connectivity index (χ1n) is 7.75. The molecule has 128 valence electrons. The molecule has 0 atom stereocenters. The topological polar surface area (TPSA) is 50.8 Å². The van der Waals surface area contributed by atoms with E-state index in [1.54, 1.807) is 7.11 Å². The lowest BCUT2D eigenvalue weighted by molar-refractivity contribution is -0.140. The van der Waals surface area contributed by atoms with Crippen molar-refractivity contribution in [2.75, 3.05) is 27.8 Å². The maximum absolute atomic E-state index is 11.0. The van der Waals surface area contributed by atoms with E-state index in [2.05, 4.69) is 10.1 Å². The number of hydrogen-bond acceptors (Lipinski definition) is 4. The van der Waals surface area contributed by atoms with Crippen molar-refractivity contribution < 1.29 is 14.3 Å². The molecule has 0 amide bonds. The molecule has 0 bridgehead atoms. The molecule has 23 heavy (non-hydrogen) atoms. The second-order valence-corrected chi connectivity index (χ2v) is 5.71. The average molecular weight is 338 g/mol. The summed E-state index contributed by atoms with van der Waals surface area (Å²) in [6, 6.07) is 7.96. The van der Waals surface area contributed by atoms with Crippen LogP contribution in [0.5, 0.6) is 5.75 Å². The van der Waals surface area contributed by atoms with Crippen molar-refractivity contribution in [3.05, 3.63) is 29.8 Å². The van der Waals surface area contributed by atoms with Crippen LogP contribution in [-0.2, 0) is 16.1 Å². The Bertz CT molecular complexity index is 491. The molecule has 0 radical (unpaired) electrons. The third-order valence-corrected chi connectivity index (χ3v) is 3.94. The fourth-order valence-corrected chi connectivity index (χ4v) is 2.25. The van der Waals surface area contributed by atoms with Gasteiger partial charge < -0.3 is 19.7 Å². The molecule has 1 aromatic rings. The minimum atomic E-state index is -0.146. The standard InChI is InChI=1S/C17H26N2O3S/c1-19(13-14-8-10-15(21-2)11-9-14)17(23)18-12-6-4-5-7-16(20)22-3/h8-11H,4-7,12-13H2,1-3H3,(H,18,23). The van der Waals surface area contributed by atoms with Crippen molar-refractivity contribution in [2.24, 2.45) is 0 Å². The fraction of sp³-hybridized carbons (Fsp3) is 0.529. The number of rotatable bonds is 9. The SMILES string of the molecule is COC(=O)CCCCCNC(=S)N(C)Cc1ccc(OC)cc1. The van der Waals surface area contributed by atoms with Gasteiger partial charge in [-0.2, -0.15) is 0 Å². The highest BCUT2D eigenvalue weighted by Crippen LogP contribution is 2.12. The summed E-state index contributed by atoms with van der Waals surface area (Å²) in [6.45, 7) is 1.56. The molecule has 0 saturated heterocycles. The number of thiocarbonyl (C=S) groups is 1. The molecule has 1 aromatic carbocycles. The minimum absolute atomic E-state index is 0.146. The van der Waals surface area contributed by atoms with E-state index in [0.717, 1.165) is 43.2 Å². The van der Waals surface area contributed by atoms with Gasteiger partial charge in [-0.15, -0.1) is 0 Å². The van der Waals surface area contributed by atoms with E-state index in [9.17, 15) is 4.79 Å². The lowest BCUT2D eigenvalue weighted by Crippen LogP contribution is -2.37. The predicted molar refractivity (Wildman–Crippen MR) is 95.5 cm³/mol. The highest BCUT2D eigenvalue weighted by molar-refractivity contribution is 7.80. The molecule has 0 heterocycles. The normalized spacial score (nSPS) is 10.0. The summed E-state index contributed by atoms with van der Waals surface area (Å²) in [5.74, 6) is 0.705. The van der Waals surface area contributed by atoms with E-state index in [4.69, 9.17) is 17.0 Å². The molecule has 0 spiro atoms. The molecule has 0 aliphatic carbocycles. The van der Waals surface area contributed by atoms with Crippen molar-refractivity contribution >= 4 is 23.3 Å². The first-order chi connectivity index (χ1) is 11.1. The van der Waals surface area contributed by atoms with Crippen LogP contribution >= 0.6 is 12.2 Å². The van der Waals surface area contributed by atoms with Gasteiger partial charge in [-0.25, -0.2) is 0 Å². The Morgan fingerprint density at radius 2 is 1.87 bits per heavy atom. The van der Waals surface area contributed by atoms with Gasteiger partial charge in [0.05, 0.1) is 14.2 Å². The molecule has 0 aliphatic heterocycles. The molecular formula is C17H26N2O3S. The maximum Gasteiger partial charge on any atom is 0.305 e. The second-order valence-electron chi connectivity index (χ2n) is 5.32. The summed E-state index contributed by atoms with van der Waals surface area (Å²) in [5, 5.41) is 3.97. The number of unbranched alkanes of at least 4 members (excludes halogenated alkanes) is 2. The molecule has 1 rings (SSSR count). The number of nitrogens with zero attached hydrogens (tertiary/aromatic N) is 1. The van der Waals surface area contributed by atoms with Crippen molar-refractivity contribution in [1.29, 1.82) is 0 Å². The van der Waals surface area contributed by atoms with E-state index in [1.165, 1.54) is 12.7 Å². The molecular weight excluding hydrogens is 312 g/mol. The monoisotopic (exact) mass is 338 g/mol. The largest absolute Gasteiger partial charge is 0.497 e. The first kappa shape index (κ1) is 19.2. The van der Waals surface area contributed by atoms with Crippen molar-refractivity contribution in [3.8, 4) is 5.75 Å². The summed E-state index contributed by atoms with van der Waals surface area (Å²) in [5.41, 5.74) is 1.18. The van der Waals surface area contributed by atoms with E-state index < -0.39 is 0 Å². The van der Waals surface area contributed by atoms with Gasteiger partial charge in [-0.05, 0) is 42.8 Å². The lowest BCUT2D eigenvalue weighted by Gasteiger charge is -2.21. The van der Waals surface area contributed by atoms with Gasteiger partial charge in [-0.1, -0.05) is 18.6 Å². The Morgan fingerprint density at radius 3 is 2.48 bits per heavy atom. The third kappa shape index (κ3) is 7.83. The van der Waals surface area contributed by atoms with Crippen LogP contribution in [-0.4, -0.2) is 43.8 Å². The van der Waals surface area contributed by atoms with Crippen LogP contribution in [0.25, 0.3) is 0 Å². The highest BCUT2D eigenvalue weighted by atomic mass is 32.1. The number of nitrogens with one attached hydrogen (secondary N) is 1. The van der Waals surface area contributed by atoms with Gasteiger partial charge in [0.2, 0.25) is 0 Å². The number of hydrogen-bond donors (Lipinski definition) is 1. The van der Waals surface area contributed by atoms with Crippen LogP contribution in [0.3, 0.4) is 0 Å². The summed E-state index contributed by atoms with van der Waals surface area (Å²) >= 11 is 5.38. The maximum atomic E-state index is 11.0. The quantitative estimate of drug-likeness (QED) is 0.424. The Kier molecular flexibility index (Phi) is 9.05. The second kappa shape index (κ2) is 10.8. The molecule has 0 fully saturated rings. The van der Waals surface area contributed by atoms with Gasteiger partial charge in [0.1, 0.15) is 5.75 Å². The number of carbonyl (C=O) groups is 1. The van der Waals surface area contributed by atoms with Crippen LogP contribution in [0.2, 0.25) is 0 Å². The number of benzene rings is 1. The van der Waals surface area contributed by atoms with Crippen molar-refractivity contribution in [3.63, 3.8) is 0 Å². The van der Waals surface area contributed by atoms with E-state index in [-0.39, 0.29) is 5.97 Å². The molecule has 0 unspecified atom stereocenters. The van der Waals surface area contributed by atoms with Crippen molar-refractivity contribution in [1.82, 2.24) is 10.2 Å². The van der Waals surface area contributed by atoms with Gasteiger partial charge >= 0.3 is 5.97 Å². The van der Waals surface area contributed by atoms with Crippen LogP contribution in [0.1, 0.15) is 31.2 Å². The summed E-state index contributed by atoms with van der Waals surface area (Å²) in [4.78, 5) is 13.0. The molecule has 5 nitrogen and oxygen atoms in total. The van der Waals surface area contributed by atoms with Crippen LogP contribution in [0.4, 0.5) is 0 Å². The van der Waals surface area contributed by atoms with Crippen LogP contribution in [0, 0.1) is 0 Å². The fourth-order valence-electron chi connectivity index (χ4n) is 2.08. The van der Waals surface area contributed by atoms with Crippen LogP contribution < -0.4 is 10.1 Å². The van der Waals surface area contributed by atoms with E-state index in [1.807, 2.05) is 36.2 Å². The Labute approximate surface area is 144 Å². The number of ether oxygens (including phenoxy) is 2. The Hall–Kier alpha value is -1.82. The molecule has 6 heteroatoms. The minimum Gasteiger partial charge on any atom is -0.497 e. The Morgan fingerprint density at radius 1 is 1.17 bits per heavy atom. The zero-order chi connectivity index (χ0) is 17.1. The number of esters is 1. The third-order valence-electron chi connectivity index (χ3n) is 3.49. The number of carbonyl (C=O) groups excluding carboxylic acids is 1. The molecule has 0 aliphatic rings. The zero-order valence-electron chi connectivity index (χ0n) is 14.1. The molecule has 1 N–H and O–H groups in total. The lowest BCUT2D eigenvalue weighted by atomic mass is 10.2. The van der Waals surface area contributed by atoms with Gasteiger partial charge in [0.25, 0.3) is 0 Å². The summed E-state index contributed by atoms with van der Waals surface area (Å²) in [6.07, 6.45) is 3.29. The zero-order valence-corrected chi connectivity index (χ0v) is 14.9. The summed E-state index contributed by atoms with van der Waals surface area (Å²) < 4.78 is 9.76. The van der Waals surface area contributed by atoms with Crippen LogP contribution in [0.15, 0.2) is 24.3 Å². The first-order valence-corrected chi connectivity index (χ1v) is 8.16. The van der Waals surface area contributed by atoms with Gasteiger partial charge in [-0.3, -0.25) is 4.79 Å². The van der Waals surface area contributed by atoms with E-state index in [0.29, 0.717) is 6.42 Å². The van der Waals surface area contributed by atoms with Gasteiger partial charge in [0, 0.05) is 26.6 Å². The summed E-state index contributed by atoms with van der Waals surface area (Å²) in [7, 11) is 5.04. The highest BCUT2D eigenvalue weighted by Gasteiger charge is 2.05. The van der Waals surface area contributed by atoms with Crippen molar-refractivity contribution in [2.45, 2.75) is 32.2 Å².